The van der Waals surface area contributed by atoms with Gasteiger partial charge in [0, 0.05) is 6.92 Å². The van der Waals surface area contributed by atoms with E-state index in [4.69, 9.17) is 21.0 Å². The molecule has 0 saturated heterocycles. The maximum atomic E-state index is 11.3. The van der Waals surface area contributed by atoms with Gasteiger partial charge in [-0.15, -0.1) is 0 Å². The molecular weight excluding hydrogens is 280 g/mol. The molecule has 1 aliphatic heterocycles. The maximum absolute atomic E-state index is 11.3. The van der Waals surface area contributed by atoms with E-state index >= 15 is 0 Å². The fourth-order valence-corrected chi connectivity index (χ4v) is 2.21. The minimum atomic E-state index is -1.42. The number of aliphatic hydroxyl groups excluding tert-OH is 3. The van der Waals surface area contributed by atoms with Gasteiger partial charge in [0.15, 0.2) is 5.96 Å². The topological polar surface area (TPSA) is 161 Å². The number of nitrogens with one attached hydrogen (secondary N) is 3. The molecule has 0 aromatic carbocycles. The van der Waals surface area contributed by atoms with Gasteiger partial charge in [-0.3, -0.25) is 10.2 Å². The van der Waals surface area contributed by atoms with Gasteiger partial charge in [-0.1, -0.05) is 0 Å². The minimum Gasteiger partial charge on any atom is -0.490 e. The second-order valence-corrected chi connectivity index (χ2v) is 4.91. The smallest absolute Gasteiger partial charge is 0.217 e. The molecule has 0 spiro atoms. The molecule has 1 aliphatic rings. The summed E-state index contributed by atoms with van der Waals surface area (Å²) in [5.74, 6) is -0.246. The highest BCUT2D eigenvalue weighted by Crippen LogP contribution is 2.22. The third-order valence-corrected chi connectivity index (χ3v) is 3.09. The van der Waals surface area contributed by atoms with Crippen LogP contribution in [0.2, 0.25) is 0 Å². The fourth-order valence-electron chi connectivity index (χ4n) is 2.21. The maximum Gasteiger partial charge on any atom is 0.217 e. The molecule has 120 valence electrons. The summed E-state index contributed by atoms with van der Waals surface area (Å²) in [6.45, 7) is 2.27. The lowest BCUT2D eigenvalue weighted by Crippen LogP contribution is -2.63. The molecule has 21 heavy (non-hydrogen) atoms. The predicted molar refractivity (Wildman–Crippen MR) is 74.2 cm³/mol. The zero-order valence-electron chi connectivity index (χ0n) is 11.9. The van der Waals surface area contributed by atoms with E-state index in [0.717, 1.165) is 0 Å². The van der Waals surface area contributed by atoms with Gasteiger partial charge in [-0.2, -0.15) is 0 Å². The summed E-state index contributed by atoms with van der Waals surface area (Å²) in [6, 6.07) is -1.36. The van der Waals surface area contributed by atoms with Gasteiger partial charge in [0.25, 0.3) is 0 Å². The molecule has 0 radical (unpaired) electrons. The lowest BCUT2D eigenvalue weighted by atomic mass is 9.92. The first-order chi connectivity index (χ1) is 9.76. The number of rotatable bonds is 5. The van der Waals surface area contributed by atoms with E-state index in [-0.39, 0.29) is 11.9 Å². The van der Waals surface area contributed by atoms with Gasteiger partial charge in [-0.25, -0.2) is 0 Å². The number of nitrogens with two attached hydrogens (primary N) is 1. The molecule has 1 amide bonds. The first kappa shape index (κ1) is 17.2. The summed E-state index contributed by atoms with van der Waals surface area (Å²) in [5.41, 5.74) is 5.31. The standard InChI is InChI=1S/C12H22N4O5/c1-5-3-7(16-12(13)14)9(15-6(2)18)11(21-5)10(20)8(19)4-17/h3,7-11,17,19-20H,4H2,1-2H3,(H,15,18)(H4,13,14,16)/t7-,8+,9+,10+,11+/m0/s1. The van der Waals surface area contributed by atoms with Gasteiger partial charge in [0.2, 0.25) is 5.91 Å². The first-order valence-electron chi connectivity index (χ1n) is 6.46. The van der Waals surface area contributed by atoms with Gasteiger partial charge >= 0.3 is 0 Å². The lowest BCUT2D eigenvalue weighted by molar-refractivity contribution is -0.126. The van der Waals surface area contributed by atoms with Crippen molar-refractivity contribution in [2.45, 2.75) is 44.2 Å². The van der Waals surface area contributed by atoms with E-state index in [1.165, 1.54) is 6.92 Å². The lowest BCUT2D eigenvalue weighted by Gasteiger charge is -2.40. The van der Waals surface area contributed by atoms with Crippen molar-refractivity contribution in [1.29, 1.82) is 5.41 Å². The van der Waals surface area contributed by atoms with Crippen molar-refractivity contribution < 1.29 is 24.9 Å². The van der Waals surface area contributed by atoms with Crippen LogP contribution in [-0.4, -0.2) is 64.2 Å². The summed E-state index contributed by atoms with van der Waals surface area (Å²) in [5, 5.41) is 41.1. The second kappa shape index (κ2) is 7.25. The van der Waals surface area contributed by atoms with Gasteiger partial charge in [0.1, 0.15) is 18.3 Å². The molecule has 0 fully saturated rings. The summed E-state index contributed by atoms with van der Waals surface area (Å²) < 4.78 is 5.47. The Morgan fingerprint density at radius 3 is 2.62 bits per heavy atom. The zero-order chi connectivity index (χ0) is 16.2. The monoisotopic (exact) mass is 302 g/mol. The van der Waals surface area contributed by atoms with Crippen molar-refractivity contribution in [2.24, 2.45) is 5.73 Å². The number of ether oxygens (including phenoxy) is 1. The number of hydrogen-bond acceptors (Lipinski definition) is 6. The average molecular weight is 302 g/mol. The molecule has 5 atom stereocenters. The van der Waals surface area contributed by atoms with Crippen LogP contribution in [0.1, 0.15) is 13.8 Å². The highest BCUT2D eigenvalue weighted by molar-refractivity contribution is 5.76. The van der Waals surface area contributed by atoms with E-state index in [0.29, 0.717) is 5.76 Å². The second-order valence-electron chi connectivity index (χ2n) is 4.91. The molecule has 0 aromatic rings. The van der Waals surface area contributed by atoms with Crippen LogP contribution < -0.4 is 16.4 Å². The highest BCUT2D eigenvalue weighted by Gasteiger charge is 2.41. The van der Waals surface area contributed by atoms with E-state index in [1.807, 2.05) is 0 Å². The Kier molecular flexibility index (Phi) is 5.94. The Balaban J connectivity index is 3.05. The van der Waals surface area contributed by atoms with Gasteiger partial charge in [-0.05, 0) is 13.0 Å². The van der Waals surface area contributed by atoms with Crippen LogP contribution in [-0.2, 0) is 9.53 Å². The Hall–Kier alpha value is -1.84. The zero-order valence-corrected chi connectivity index (χ0v) is 11.9. The van der Waals surface area contributed by atoms with E-state index < -0.39 is 37.0 Å². The van der Waals surface area contributed by atoms with Crippen LogP contribution in [0.4, 0.5) is 0 Å². The molecule has 1 heterocycles. The number of guanidine groups is 1. The van der Waals surface area contributed by atoms with E-state index in [9.17, 15) is 15.0 Å². The SMILES string of the molecule is CC(=O)N[C@H]1[C@H]([C@H](O)[C@H](O)CO)OC(C)=C[C@@H]1NC(=N)N. The van der Waals surface area contributed by atoms with E-state index in [2.05, 4.69) is 10.6 Å². The number of carbonyl (C=O) groups is 1. The van der Waals surface area contributed by atoms with Crippen LogP contribution in [0.15, 0.2) is 11.8 Å². The Morgan fingerprint density at radius 1 is 1.52 bits per heavy atom. The van der Waals surface area contributed by atoms with Crippen LogP contribution in [0.5, 0.6) is 0 Å². The molecule has 0 aliphatic carbocycles. The van der Waals surface area contributed by atoms with Crippen molar-refractivity contribution >= 4 is 11.9 Å². The Morgan fingerprint density at radius 2 is 2.14 bits per heavy atom. The highest BCUT2D eigenvalue weighted by atomic mass is 16.5. The molecule has 0 aromatic heterocycles. The average Bonchev–Trinajstić information content (AvgIpc) is 2.38. The number of amides is 1. The van der Waals surface area contributed by atoms with Crippen molar-refractivity contribution in [3.8, 4) is 0 Å². The number of carbonyl (C=O) groups excluding carboxylic acids is 1. The van der Waals surface area contributed by atoms with Crippen molar-refractivity contribution in [3.05, 3.63) is 11.8 Å². The van der Waals surface area contributed by atoms with E-state index in [1.54, 1.807) is 13.0 Å². The Labute approximate surface area is 122 Å². The normalized spacial score (nSPS) is 27.9. The first-order valence-corrected chi connectivity index (χ1v) is 6.46. The fraction of sp³-hybridized carbons (Fsp3) is 0.667. The summed E-state index contributed by atoms with van der Waals surface area (Å²) >= 11 is 0. The quantitative estimate of drug-likeness (QED) is 0.216. The van der Waals surface area contributed by atoms with Crippen molar-refractivity contribution in [2.75, 3.05) is 6.61 Å². The summed E-state index contributed by atoms with van der Waals surface area (Å²) in [6.07, 6.45) is -2.24. The number of allylic oxidation sites excluding steroid dienone is 1. The molecule has 0 bridgehead atoms. The van der Waals surface area contributed by atoms with Gasteiger partial charge < -0.3 is 36.4 Å². The number of hydrogen-bond donors (Lipinski definition) is 7. The molecule has 1 rings (SSSR count). The van der Waals surface area contributed by atoms with Crippen LogP contribution in [0, 0.1) is 5.41 Å². The molecule has 9 heteroatoms. The van der Waals surface area contributed by atoms with Gasteiger partial charge in [0.05, 0.1) is 24.4 Å². The predicted octanol–water partition coefficient (Wildman–Crippen LogP) is -2.64. The Bertz CT molecular complexity index is 428. The van der Waals surface area contributed by atoms with Crippen LogP contribution in [0.25, 0.3) is 0 Å². The summed E-state index contributed by atoms with van der Waals surface area (Å²) in [7, 11) is 0. The third kappa shape index (κ3) is 4.59. The molecule has 8 N–H and O–H groups in total. The van der Waals surface area contributed by atoms with Crippen LogP contribution >= 0.6 is 0 Å². The molecule has 0 unspecified atom stereocenters. The van der Waals surface area contributed by atoms with Crippen LogP contribution in [0.3, 0.4) is 0 Å². The third-order valence-electron chi connectivity index (χ3n) is 3.09. The summed E-state index contributed by atoms with van der Waals surface area (Å²) in [4.78, 5) is 11.3. The largest absolute Gasteiger partial charge is 0.490 e. The number of aliphatic hydroxyl groups is 3. The minimum absolute atomic E-state index is 0.308. The molecule has 9 nitrogen and oxygen atoms in total. The van der Waals surface area contributed by atoms with Crippen molar-refractivity contribution in [3.63, 3.8) is 0 Å². The molecular formula is C12H22N4O5. The van der Waals surface area contributed by atoms with Crippen molar-refractivity contribution in [1.82, 2.24) is 10.6 Å². The molecule has 0 saturated carbocycles.